The van der Waals surface area contributed by atoms with Crippen LogP contribution in [-0.2, 0) is 0 Å². The molecule has 632 valence electrons. The molecule has 5 nitrogen and oxygen atoms in total. The molecule has 0 N–H and O–H groups in total. The third-order valence-electron chi connectivity index (χ3n) is 27.1. The summed E-state index contributed by atoms with van der Waals surface area (Å²) in [4.78, 5) is 7.27. The van der Waals surface area contributed by atoms with Gasteiger partial charge in [-0.3, -0.25) is 0 Å². The molecule has 0 radical (unpaired) electrons. The van der Waals surface area contributed by atoms with E-state index in [4.69, 9.17) is 8.83 Å². The van der Waals surface area contributed by atoms with Gasteiger partial charge in [-0.1, -0.05) is 297 Å². The number of para-hydroxylation sites is 1. The lowest BCUT2D eigenvalue weighted by Gasteiger charge is -2.28. The van der Waals surface area contributed by atoms with E-state index in [1.807, 2.05) is 57.5 Å². The van der Waals surface area contributed by atoms with Crippen LogP contribution in [0.4, 0.5) is 51.2 Å². The molecule has 23 aromatic carbocycles. The first-order valence-electron chi connectivity index (χ1n) is 45.7. The Balaban J connectivity index is 0.000000103. The smallest absolute Gasteiger partial charge is 0.136 e. The van der Waals surface area contributed by atoms with Gasteiger partial charge in [0, 0.05) is 143 Å². The number of hydrogen-bond acceptors (Lipinski definition) is 9. The standard InChI is InChI=1S/C44H27NOS.C42H25NOS.C40H25NS2/c1-2-8-28(9-3-1)30-14-15-32-25-33(18-16-31(32)24-30)45(35-20-23-43-38(26-35)37-12-6-7-13-42(37)47-43)34-19-22-40-39(27-34)44-36-11-5-4-10-29(36)17-21-41(44)46-40;1-4-12-31-26(9-1)17-21-41-42(31)36-25-29(19-22-40(36)45-41)43(28-18-20-39-35(24-28)34-15-7-8-16-38(34)44-39)37-23-27-10-2-3-11-30(27)32-13-5-6-14-33(32)37;1-2-9-26(10-3-1)27-17-20-29(21-18-27)41(30-22-24-37-34(25-30)32-13-6-7-16-36(32)42-37)35-15-8-14-33-39-31-12-5-4-11-28(31)19-23-38(39)43-40(33)35/h1-27H;1-25H;1-25H. The summed E-state index contributed by atoms with van der Waals surface area (Å²) >= 11 is 7.47. The van der Waals surface area contributed by atoms with E-state index >= 15 is 0 Å². The third-order valence-corrected chi connectivity index (χ3v) is 31.7. The van der Waals surface area contributed by atoms with Gasteiger partial charge >= 0.3 is 0 Å². The van der Waals surface area contributed by atoms with E-state index in [9.17, 15) is 0 Å². The largest absolute Gasteiger partial charge is 0.456 e. The minimum absolute atomic E-state index is 0.895. The molecule has 0 aliphatic carbocycles. The van der Waals surface area contributed by atoms with Gasteiger partial charge in [0.15, 0.2) is 0 Å². The average Bonchev–Trinajstić information content (AvgIpc) is 1.70. The van der Waals surface area contributed by atoms with Crippen molar-refractivity contribution < 1.29 is 8.83 Å². The maximum Gasteiger partial charge on any atom is 0.136 e. The van der Waals surface area contributed by atoms with Gasteiger partial charge in [-0.15, -0.1) is 45.3 Å². The molecule has 0 unspecified atom stereocenters. The maximum absolute atomic E-state index is 6.39. The Hall–Kier alpha value is -16.5. The first-order valence-corrected chi connectivity index (χ1v) is 49.0. The minimum Gasteiger partial charge on any atom is -0.456 e. The highest BCUT2D eigenvalue weighted by atomic mass is 32.1. The van der Waals surface area contributed by atoms with E-state index in [-0.39, 0.29) is 0 Å². The van der Waals surface area contributed by atoms with Crippen molar-refractivity contribution in [2.75, 3.05) is 14.7 Å². The lowest BCUT2D eigenvalue weighted by molar-refractivity contribution is 0.668. The second kappa shape index (κ2) is 32.2. The summed E-state index contributed by atoms with van der Waals surface area (Å²) in [5.74, 6) is 0. The summed E-state index contributed by atoms with van der Waals surface area (Å²) in [5.41, 5.74) is 18.7. The molecule has 0 amide bonds. The SMILES string of the molecule is c1ccc(-c2ccc(N(c3ccc4sc5ccccc5c4c3)c3cccc4c3sc3ccc5ccccc5c34)cc2)cc1.c1ccc(-c2ccc3cc(N(c4ccc5sc6ccccc6c5c4)c4ccc5oc6ccc7ccccc7c6c5c4)ccc3c2)cc1.c1ccc2c(c1)cc(N(c1ccc3oc4ccccc4c3c1)c1ccc3sc4ccc5ccccc5c4c3c1)c1ccccc12. The first kappa shape index (κ1) is 78.4. The Labute approximate surface area is 792 Å². The number of rotatable bonds is 11. The van der Waals surface area contributed by atoms with Crippen LogP contribution < -0.4 is 14.7 Å². The number of furan rings is 2. The zero-order chi connectivity index (χ0) is 88.7. The summed E-state index contributed by atoms with van der Waals surface area (Å²) in [7, 11) is 0. The Kier molecular flexibility index (Phi) is 18.7. The second-order valence-electron chi connectivity index (χ2n) is 34.8. The van der Waals surface area contributed by atoms with E-state index in [0.717, 1.165) is 83.7 Å². The zero-order valence-corrected chi connectivity index (χ0v) is 76.0. The second-order valence-corrected chi connectivity index (χ2v) is 39.1. The van der Waals surface area contributed by atoms with Crippen LogP contribution in [0.2, 0.25) is 0 Å². The van der Waals surface area contributed by atoms with Crippen molar-refractivity contribution in [1.82, 2.24) is 0 Å². The fourth-order valence-electron chi connectivity index (χ4n) is 20.8. The molecule has 0 fully saturated rings. The van der Waals surface area contributed by atoms with E-state index in [2.05, 4.69) is 470 Å². The number of anilines is 9. The first-order chi connectivity index (χ1) is 66.9. The zero-order valence-electron chi connectivity index (χ0n) is 72.7. The molecule has 0 atom stereocenters. The predicted molar refractivity (Wildman–Crippen MR) is 585 cm³/mol. The number of benzene rings is 23. The topological polar surface area (TPSA) is 36.0 Å². The van der Waals surface area contributed by atoms with Crippen molar-refractivity contribution in [3.05, 3.63) is 467 Å². The van der Waals surface area contributed by atoms with Crippen LogP contribution in [0.5, 0.6) is 0 Å². The minimum atomic E-state index is 0.895. The lowest BCUT2D eigenvalue weighted by Crippen LogP contribution is -2.10. The van der Waals surface area contributed by atoms with Crippen LogP contribution in [0.25, 0.3) is 211 Å². The third kappa shape index (κ3) is 13.4. The monoisotopic (exact) mass is 1790 g/mol. The van der Waals surface area contributed by atoms with Crippen LogP contribution in [0.15, 0.2) is 476 Å². The van der Waals surface area contributed by atoms with E-state index in [0.29, 0.717) is 0 Å². The molecule has 0 aliphatic rings. The quantitative estimate of drug-likeness (QED) is 0.121. The van der Waals surface area contributed by atoms with Crippen LogP contribution in [0.3, 0.4) is 0 Å². The fourth-order valence-corrected chi connectivity index (χ4v) is 25.3. The molecular formula is C126H77N3O2S4. The summed E-state index contributed by atoms with van der Waals surface area (Å²) in [5, 5.41) is 29.9. The summed E-state index contributed by atoms with van der Waals surface area (Å²) in [6.07, 6.45) is 0. The van der Waals surface area contributed by atoms with Crippen LogP contribution in [-0.4, -0.2) is 0 Å². The van der Waals surface area contributed by atoms with Gasteiger partial charge < -0.3 is 23.5 Å². The highest BCUT2D eigenvalue weighted by molar-refractivity contribution is 7.27. The molecule has 0 saturated heterocycles. The van der Waals surface area contributed by atoms with Gasteiger partial charge in [-0.25, -0.2) is 0 Å². The highest BCUT2D eigenvalue weighted by Crippen LogP contribution is 2.53. The maximum atomic E-state index is 6.39. The Morgan fingerprint density at radius 3 is 1.17 bits per heavy atom. The molecule has 6 heterocycles. The molecule has 0 aliphatic heterocycles. The molecule has 29 rings (SSSR count). The predicted octanol–water partition coefficient (Wildman–Crippen LogP) is 39.0. The van der Waals surface area contributed by atoms with E-state index in [1.165, 1.54) is 179 Å². The van der Waals surface area contributed by atoms with Crippen molar-refractivity contribution in [2.24, 2.45) is 0 Å². The van der Waals surface area contributed by atoms with Gasteiger partial charge in [-0.05, 0) is 251 Å². The molecule has 9 heteroatoms. The average molecular weight is 1790 g/mol. The molecule has 0 saturated carbocycles. The van der Waals surface area contributed by atoms with Gasteiger partial charge in [0.05, 0.1) is 16.1 Å². The molecule has 135 heavy (non-hydrogen) atoms. The summed E-state index contributed by atoms with van der Waals surface area (Å²) in [6.45, 7) is 0. The normalized spacial score (nSPS) is 11.9. The molecule has 6 aromatic heterocycles. The van der Waals surface area contributed by atoms with Gasteiger partial charge in [0.2, 0.25) is 0 Å². The highest BCUT2D eigenvalue weighted by Gasteiger charge is 2.26. The van der Waals surface area contributed by atoms with Crippen molar-refractivity contribution in [1.29, 1.82) is 0 Å². The van der Waals surface area contributed by atoms with E-state index in [1.54, 1.807) is 0 Å². The van der Waals surface area contributed by atoms with Gasteiger partial charge in [0.1, 0.15) is 22.3 Å². The van der Waals surface area contributed by atoms with Gasteiger partial charge in [-0.2, -0.15) is 0 Å². The number of hydrogen-bond donors (Lipinski definition) is 0. The Morgan fingerprint density at radius 1 is 0.148 bits per heavy atom. The molecule has 0 spiro atoms. The fraction of sp³-hybridized carbons (Fsp3) is 0. The Morgan fingerprint density at radius 2 is 0.519 bits per heavy atom. The van der Waals surface area contributed by atoms with Crippen molar-refractivity contribution in [2.45, 2.75) is 0 Å². The molecule has 29 aromatic rings. The summed E-state index contributed by atoms with van der Waals surface area (Å²) in [6, 6.07) is 169. The number of thiophene rings is 4. The van der Waals surface area contributed by atoms with E-state index < -0.39 is 0 Å². The lowest BCUT2D eigenvalue weighted by atomic mass is 9.98. The van der Waals surface area contributed by atoms with Crippen LogP contribution in [0.1, 0.15) is 0 Å². The van der Waals surface area contributed by atoms with Crippen molar-refractivity contribution >= 4 is 286 Å². The van der Waals surface area contributed by atoms with Crippen LogP contribution in [0, 0.1) is 0 Å². The van der Waals surface area contributed by atoms with Crippen molar-refractivity contribution in [3.8, 4) is 22.3 Å². The van der Waals surface area contributed by atoms with Crippen molar-refractivity contribution in [3.63, 3.8) is 0 Å². The number of fused-ring (bicyclic) bond motifs is 28. The summed E-state index contributed by atoms with van der Waals surface area (Å²) < 4.78 is 23.1. The number of nitrogens with zero attached hydrogens (tertiary/aromatic N) is 3. The van der Waals surface area contributed by atoms with Gasteiger partial charge in [0.25, 0.3) is 0 Å². The van der Waals surface area contributed by atoms with Crippen LogP contribution >= 0.6 is 45.3 Å². The molecular weight excluding hydrogens is 1720 g/mol. The Bertz CT molecular complexity index is 9830. The molecule has 0 bridgehead atoms.